The van der Waals surface area contributed by atoms with Crippen LogP contribution in [-0.4, -0.2) is 11.9 Å². The minimum atomic E-state index is -0.243. The molecule has 2 unspecified atom stereocenters. The van der Waals surface area contributed by atoms with Crippen molar-refractivity contribution in [2.45, 2.75) is 6.42 Å². The van der Waals surface area contributed by atoms with Gasteiger partial charge in [-0.25, -0.2) is 0 Å². The van der Waals surface area contributed by atoms with Crippen LogP contribution in [0.3, 0.4) is 0 Å². The molecule has 6 aliphatic carbocycles. The lowest BCUT2D eigenvalue weighted by Gasteiger charge is -2.05. The Morgan fingerprint density at radius 2 is 1.36 bits per heavy atom. The van der Waals surface area contributed by atoms with Crippen molar-refractivity contribution in [1.82, 2.24) is 0 Å². The summed E-state index contributed by atoms with van der Waals surface area (Å²) in [5.41, 5.74) is -0.486. The van der Waals surface area contributed by atoms with Gasteiger partial charge in [0, 0.05) is 0 Å². The van der Waals surface area contributed by atoms with Crippen molar-refractivity contribution >= 4 is 11.9 Å². The van der Waals surface area contributed by atoms with Crippen molar-refractivity contribution in [2.24, 2.45) is 46.3 Å². The summed E-state index contributed by atoms with van der Waals surface area (Å²) in [6.07, 6.45) is 1.31. The molecule has 7 aliphatic rings. The zero-order chi connectivity index (χ0) is 9.03. The third-order valence-corrected chi connectivity index (χ3v) is 6.59. The Bertz CT molecular complexity index is 417. The van der Waals surface area contributed by atoms with E-state index in [9.17, 15) is 9.59 Å². The predicted molar refractivity (Wildman–Crippen MR) is 41.5 cm³/mol. The van der Waals surface area contributed by atoms with Gasteiger partial charge >= 0.3 is 11.9 Å². The molecule has 6 atom stereocenters. The van der Waals surface area contributed by atoms with Crippen LogP contribution in [0.25, 0.3) is 0 Å². The highest BCUT2D eigenvalue weighted by atomic mass is 16.6. The summed E-state index contributed by atoms with van der Waals surface area (Å²) in [7, 11) is 0. The first-order valence-electron chi connectivity index (χ1n) is 5.54. The maximum Gasteiger partial charge on any atom is 0.321 e. The third-order valence-electron chi connectivity index (χ3n) is 6.59. The van der Waals surface area contributed by atoms with E-state index < -0.39 is 0 Å². The standard InChI is InChI=1S/C11H8O3/c12-8-10-4-2-1-3(6(4)10)7-5(2)11(7,10)9(13)14-8/h2-7H,1H2/t2?,3?,4-,5+,6-,7+,10?,11?. The molecule has 0 amide bonds. The van der Waals surface area contributed by atoms with Gasteiger partial charge < -0.3 is 4.74 Å². The van der Waals surface area contributed by atoms with Gasteiger partial charge in [0.05, 0.1) is 10.8 Å². The number of rotatable bonds is 0. The molecule has 1 aliphatic heterocycles. The molecular formula is C11H8O3. The number of carbonyl (C=O) groups is 2. The van der Waals surface area contributed by atoms with E-state index >= 15 is 0 Å². The Hall–Kier alpha value is -0.860. The molecule has 70 valence electrons. The van der Waals surface area contributed by atoms with Crippen molar-refractivity contribution in [1.29, 1.82) is 0 Å². The van der Waals surface area contributed by atoms with Gasteiger partial charge in [-0.05, 0) is 41.9 Å². The van der Waals surface area contributed by atoms with Crippen LogP contribution in [0.4, 0.5) is 0 Å². The fraction of sp³-hybridized carbons (Fsp3) is 0.818. The molecule has 0 aromatic rings. The van der Waals surface area contributed by atoms with Gasteiger partial charge in [0.25, 0.3) is 0 Å². The van der Waals surface area contributed by atoms with Gasteiger partial charge in [0.2, 0.25) is 0 Å². The maximum atomic E-state index is 11.8. The van der Waals surface area contributed by atoms with E-state index in [-0.39, 0.29) is 22.8 Å². The van der Waals surface area contributed by atoms with Gasteiger partial charge in [-0.2, -0.15) is 0 Å². The highest BCUT2D eigenvalue weighted by Crippen LogP contribution is 3.06. The van der Waals surface area contributed by atoms with Crippen molar-refractivity contribution in [3.8, 4) is 0 Å². The Balaban J connectivity index is 1.83. The highest BCUT2D eigenvalue weighted by Gasteiger charge is 3.11. The average molecular weight is 188 g/mol. The Morgan fingerprint density at radius 1 is 0.929 bits per heavy atom. The predicted octanol–water partition coefficient (Wildman–Crippen LogP) is 0.198. The second kappa shape index (κ2) is 1.09. The zero-order valence-electron chi connectivity index (χ0n) is 7.40. The van der Waals surface area contributed by atoms with Gasteiger partial charge in [0.1, 0.15) is 0 Å². The second-order valence-electron chi connectivity index (χ2n) is 6.08. The van der Waals surface area contributed by atoms with Crippen LogP contribution in [0, 0.1) is 46.3 Å². The van der Waals surface area contributed by atoms with Crippen LogP contribution < -0.4 is 0 Å². The lowest BCUT2D eigenvalue weighted by atomic mass is 9.88. The number of carbonyl (C=O) groups excluding carboxylic acids is 2. The van der Waals surface area contributed by atoms with Gasteiger partial charge in [-0.15, -0.1) is 0 Å². The summed E-state index contributed by atoms with van der Waals surface area (Å²) in [4.78, 5) is 23.6. The average Bonchev–Trinajstić information content (AvgIpc) is 2.85. The SMILES string of the molecule is O=C1OC(=O)C23[C@H]4C5CC([C@@H]6[C@@H]5C162)[C@@H]43. The van der Waals surface area contributed by atoms with E-state index in [0.29, 0.717) is 23.7 Å². The topological polar surface area (TPSA) is 43.4 Å². The molecule has 0 N–H and O–H groups in total. The van der Waals surface area contributed by atoms with Crippen molar-refractivity contribution in [3.63, 3.8) is 0 Å². The second-order valence-corrected chi connectivity index (χ2v) is 6.08. The molecule has 3 heteroatoms. The summed E-state index contributed by atoms with van der Waals surface area (Å²) < 4.78 is 4.91. The molecular weight excluding hydrogens is 180 g/mol. The van der Waals surface area contributed by atoms with Crippen LogP contribution in [0.15, 0.2) is 0 Å². The van der Waals surface area contributed by atoms with Crippen molar-refractivity contribution in [3.05, 3.63) is 0 Å². The summed E-state index contributed by atoms with van der Waals surface area (Å²) in [5, 5.41) is 0. The first kappa shape index (κ1) is 5.89. The van der Waals surface area contributed by atoms with Gasteiger partial charge in [-0.1, -0.05) is 0 Å². The smallest absolute Gasteiger partial charge is 0.321 e. The normalized spacial score (nSPS) is 82.0. The summed E-state index contributed by atoms with van der Waals surface area (Å²) in [6, 6.07) is 0. The zero-order valence-corrected chi connectivity index (χ0v) is 7.40. The molecule has 14 heavy (non-hydrogen) atoms. The number of hydrogen-bond donors (Lipinski definition) is 0. The molecule has 0 aromatic carbocycles. The van der Waals surface area contributed by atoms with E-state index in [4.69, 9.17) is 4.74 Å². The number of ether oxygens (including phenoxy) is 1. The molecule has 0 radical (unpaired) electrons. The number of hydrogen-bond acceptors (Lipinski definition) is 3. The van der Waals surface area contributed by atoms with Gasteiger partial charge in [-0.3, -0.25) is 9.59 Å². The van der Waals surface area contributed by atoms with E-state index in [1.807, 2.05) is 0 Å². The van der Waals surface area contributed by atoms with Crippen molar-refractivity contribution < 1.29 is 14.3 Å². The van der Waals surface area contributed by atoms with Crippen LogP contribution in [0.2, 0.25) is 0 Å². The van der Waals surface area contributed by atoms with Crippen LogP contribution >= 0.6 is 0 Å². The lowest BCUT2D eigenvalue weighted by molar-refractivity contribution is -0.155. The Kier molecular flexibility index (Phi) is 0.459. The fourth-order valence-corrected chi connectivity index (χ4v) is 6.89. The fourth-order valence-electron chi connectivity index (χ4n) is 6.89. The first-order valence-corrected chi connectivity index (χ1v) is 5.54. The maximum absolute atomic E-state index is 11.8. The lowest BCUT2D eigenvalue weighted by Crippen LogP contribution is -2.21. The molecule has 7 fully saturated rings. The molecule has 0 aromatic heterocycles. The Morgan fingerprint density at radius 3 is 1.79 bits per heavy atom. The minimum Gasteiger partial charge on any atom is -0.392 e. The van der Waals surface area contributed by atoms with E-state index in [2.05, 4.69) is 0 Å². The molecule has 6 saturated carbocycles. The number of cyclic esters (lactones) is 2. The molecule has 2 spiro atoms. The molecule has 2 bridgehead atoms. The number of esters is 2. The minimum absolute atomic E-state index is 0.144. The molecule has 3 nitrogen and oxygen atoms in total. The van der Waals surface area contributed by atoms with E-state index in [0.717, 1.165) is 11.8 Å². The molecule has 7 rings (SSSR count). The van der Waals surface area contributed by atoms with E-state index in [1.54, 1.807) is 0 Å². The molecule has 1 saturated heterocycles. The quantitative estimate of drug-likeness (QED) is 0.403. The van der Waals surface area contributed by atoms with E-state index in [1.165, 1.54) is 6.42 Å². The molecule has 1 heterocycles. The first-order chi connectivity index (χ1) is 6.77. The van der Waals surface area contributed by atoms with Crippen LogP contribution in [0.1, 0.15) is 6.42 Å². The third kappa shape index (κ3) is 0.220. The van der Waals surface area contributed by atoms with Crippen LogP contribution in [-0.2, 0) is 14.3 Å². The highest BCUT2D eigenvalue weighted by molar-refractivity contribution is 6.10. The van der Waals surface area contributed by atoms with Crippen molar-refractivity contribution in [2.75, 3.05) is 0 Å². The summed E-state index contributed by atoms with van der Waals surface area (Å²) >= 11 is 0. The van der Waals surface area contributed by atoms with Crippen LogP contribution in [0.5, 0.6) is 0 Å². The summed E-state index contributed by atoms with van der Waals surface area (Å²) in [5.74, 6) is 3.45. The largest absolute Gasteiger partial charge is 0.392 e. The monoisotopic (exact) mass is 188 g/mol. The Labute approximate surface area is 79.8 Å². The van der Waals surface area contributed by atoms with Gasteiger partial charge in [0.15, 0.2) is 0 Å². The summed E-state index contributed by atoms with van der Waals surface area (Å²) in [6.45, 7) is 0.